The van der Waals surface area contributed by atoms with E-state index >= 15 is 0 Å². The van der Waals surface area contributed by atoms with E-state index in [2.05, 4.69) is 72.5 Å². The van der Waals surface area contributed by atoms with Gasteiger partial charge in [0, 0.05) is 29.6 Å². The van der Waals surface area contributed by atoms with Crippen molar-refractivity contribution in [2.24, 2.45) is 11.8 Å². The molecule has 2 unspecified atom stereocenters. The average Bonchev–Trinajstić information content (AvgIpc) is 3.64. The van der Waals surface area contributed by atoms with Gasteiger partial charge in [-0.25, -0.2) is 9.50 Å². The lowest BCUT2D eigenvalue weighted by atomic mass is 9.80. The first-order valence-electron chi connectivity index (χ1n) is 13.0. The Balaban J connectivity index is 1.32. The van der Waals surface area contributed by atoms with Gasteiger partial charge in [0.2, 0.25) is 0 Å². The zero-order valence-electron chi connectivity index (χ0n) is 21.3. The number of aromatic nitrogens is 4. The molecule has 2 aliphatic heterocycles. The maximum Gasteiger partial charge on any atom is 0.158 e. The minimum atomic E-state index is -0.101. The van der Waals surface area contributed by atoms with Crippen LogP contribution in [0.15, 0.2) is 17.6 Å². The molecular formula is C27H37N5O2S. The average molecular weight is 496 g/mol. The fourth-order valence-electron chi connectivity index (χ4n) is 7.32. The number of nitrogens with one attached hydrogen (secondary N) is 1. The summed E-state index contributed by atoms with van der Waals surface area (Å²) in [5.41, 5.74) is 8.80. The van der Waals surface area contributed by atoms with E-state index in [1.165, 1.54) is 51.4 Å². The van der Waals surface area contributed by atoms with Crippen molar-refractivity contribution in [3.63, 3.8) is 0 Å². The number of nitrogens with zero attached hydrogens (tertiary/aromatic N) is 4. The van der Waals surface area contributed by atoms with Crippen LogP contribution in [0.2, 0.25) is 0 Å². The summed E-state index contributed by atoms with van der Waals surface area (Å²) >= 11 is 2.06. The second-order valence-corrected chi connectivity index (χ2v) is 12.5. The summed E-state index contributed by atoms with van der Waals surface area (Å²) in [6.45, 7) is 12.5. The van der Waals surface area contributed by atoms with Crippen molar-refractivity contribution in [1.29, 1.82) is 0 Å². The summed E-state index contributed by atoms with van der Waals surface area (Å²) < 4.78 is 1.90. The number of pyridine rings is 1. The first-order valence-corrected chi connectivity index (χ1v) is 13.9. The highest BCUT2D eigenvalue weighted by molar-refractivity contribution is 8.00. The Labute approximate surface area is 211 Å². The number of hydrogen-bond acceptors (Lipinski definition) is 6. The molecule has 1 saturated carbocycles. The number of piperidine rings is 1. The molecule has 6 rings (SSSR count). The molecule has 35 heavy (non-hydrogen) atoms. The second kappa shape index (κ2) is 8.61. The largest absolute Gasteiger partial charge is 0.395 e. The molecule has 188 valence electrons. The SMILES string of the molecule is Cc1c(-c2[nH]c3c(c2C(C)C)C(C)C([C@@H]2C[C@@H]4C[C@H]2CN4C(CO)CO)S3)cn2ncnc2c1C. The summed E-state index contributed by atoms with van der Waals surface area (Å²) in [5, 5.41) is 25.7. The highest BCUT2D eigenvalue weighted by Gasteiger charge is 2.52. The minimum absolute atomic E-state index is 0.0450. The molecule has 0 spiro atoms. The Kier molecular flexibility index (Phi) is 5.79. The third-order valence-electron chi connectivity index (χ3n) is 9.17. The van der Waals surface area contributed by atoms with Crippen molar-refractivity contribution >= 4 is 17.4 Å². The standard InChI is InChI=1S/C27H37N5O2S/c1-13(2)22-23-16(5)25(20-7-18-6-17(20)8-31(18)19(10-33)11-34)35-27(23)30-24(22)21-9-32-26(28-12-29-32)15(4)14(21)3/h9,12-13,16-20,25,30,33-34H,6-8,10-11H2,1-5H3/t16?,17-,18-,20+,25?/m0/s1. The second-order valence-electron chi connectivity index (χ2n) is 11.3. The van der Waals surface area contributed by atoms with Crippen LogP contribution in [0.25, 0.3) is 16.9 Å². The van der Waals surface area contributed by atoms with E-state index in [0.717, 1.165) is 12.2 Å². The van der Waals surface area contributed by atoms with Crippen LogP contribution >= 0.6 is 11.8 Å². The van der Waals surface area contributed by atoms with Gasteiger partial charge >= 0.3 is 0 Å². The van der Waals surface area contributed by atoms with Crippen molar-refractivity contribution in [3.05, 3.63) is 34.8 Å². The van der Waals surface area contributed by atoms with Crippen LogP contribution in [-0.4, -0.2) is 71.8 Å². The maximum absolute atomic E-state index is 9.69. The van der Waals surface area contributed by atoms with E-state index < -0.39 is 0 Å². The highest BCUT2D eigenvalue weighted by Crippen LogP contribution is 2.58. The Morgan fingerprint density at radius 3 is 2.60 bits per heavy atom. The fraction of sp³-hybridized carbons (Fsp3) is 0.630. The Bertz CT molecular complexity index is 1260. The zero-order chi connectivity index (χ0) is 24.6. The Morgan fingerprint density at radius 1 is 1.17 bits per heavy atom. The number of hydrogen-bond donors (Lipinski definition) is 3. The van der Waals surface area contributed by atoms with E-state index in [0.29, 0.717) is 35.0 Å². The number of fused-ring (bicyclic) bond motifs is 4. The van der Waals surface area contributed by atoms with E-state index in [9.17, 15) is 10.2 Å². The van der Waals surface area contributed by atoms with Gasteiger partial charge in [0.15, 0.2) is 5.65 Å². The number of H-pyrrole nitrogens is 1. The molecule has 0 aromatic carbocycles. The van der Waals surface area contributed by atoms with Crippen molar-refractivity contribution in [3.8, 4) is 11.3 Å². The van der Waals surface area contributed by atoms with Gasteiger partial charge < -0.3 is 15.2 Å². The van der Waals surface area contributed by atoms with Crippen LogP contribution in [-0.2, 0) is 0 Å². The summed E-state index contributed by atoms with van der Waals surface area (Å²) in [6.07, 6.45) is 6.15. The van der Waals surface area contributed by atoms with Crippen LogP contribution in [0.4, 0.5) is 0 Å². The summed E-state index contributed by atoms with van der Waals surface area (Å²) in [5.74, 6) is 2.27. The molecule has 8 heteroatoms. The Morgan fingerprint density at radius 2 is 1.94 bits per heavy atom. The Hall–Kier alpha value is -1.87. The van der Waals surface area contributed by atoms with Crippen LogP contribution in [0.1, 0.15) is 67.7 Å². The summed E-state index contributed by atoms with van der Waals surface area (Å²) in [6, 6.07) is 0.401. The smallest absolute Gasteiger partial charge is 0.158 e. The lowest BCUT2D eigenvalue weighted by Crippen LogP contribution is -2.47. The fourth-order valence-corrected chi connectivity index (χ4v) is 9.03. The maximum atomic E-state index is 9.69. The van der Waals surface area contributed by atoms with Gasteiger partial charge in [0.05, 0.1) is 30.0 Å². The third kappa shape index (κ3) is 3.44. The molecule has 0 radical (unpaired) electrons. The lowest BCUT2D eigenvalue weighted by Gasteiger charge is -2.38. The van der Waals surface area contributed by atoms with Crippen molar-refractivity contribution in [1.82, 2.24) is 24.5 Å². The summed E-state index contributed by atoms with van der Waals surface area (Å²) in [7, 11) is 0. The van der Waals surface area contributed by atoms with E-state index in [1.54, 1.807) is 6.33 Å². The van der Waals surface area contributed by atoms with Crippen LogP contribution in [0.5, 0.6) is 0 Å². The topological polar surface area (TPSA) is 89.7 Å². The zero-order valence-corrected chi connectivity index (χ0v) is 22.1. The van der Waals surface area contributed by atoms with Gasteiger partial charge in [-0.05, 0) is 72.6 Å². The number of aromatic amines is 1. The van der Waals surface area contributed by atoms with Crippen LogP contribution in [0, 0.1) is 25.7 Å². The number of aliphatic hydroxyl groups is 2. The van der Waals surface area contributed by atoms with Crippen molar-refractivity contribution < 1.29 is 10.2 Å². The van der Waals surface area contributed by atoms with Gasteiger partial charge in [-0.15, -0.1) is 11.8 Å². The highest BCUT2D eigenvalue weighted by atomic mass is 32.2. The first-order chi connectivity index (χ1) is 16.8. The molecule has 2 bridgehead atoms. The lowest BCUT2D eigenvalue weighted by molar-refractivity contribution is 0.0420. The number of rotatable bonds is 6. The first kappa shape index (κ1) is 23.5. The molecule has 1 saturated heterocycles. The molecule has 3 aromatic rings. The molecule has 2 fully saturated rings. The van der Waals surface area contributed by atoms with Crippen molar-refractivity contribution in [2.45, 2.75) is 81.7 Å². The summed E-state index contributed by atoms with van der Waals surface area (Å²) in [4.78, 5) is 10.7. The van der Waals surface area contributed by atoms with E-state index in [1.807, 2.05) is 4.52 Å². The predicted molar refractivity (Wildman–Crippen MR) is 139 cm³/mol. The number of likely N-dealkylation sites (tertiary alicyclic amines) is 1. The molecule has 3 N–H and O–H groups in total. The number of thioether (sulfide) groups is 1. The monoisotopic (exact) mass is 495 g/mol. The minimum Gasteiger partial charge on any atom is -0.395 e. The molecule has 0 amide bonds. The van der Waals surface area contributed by atoms with Crippen LogP contribution < -0.4 is 0 Å². The van der Waals surface area contributed by atoms with Gasteiger partial charge in [-0.2, -0.15) is 5.10 Å². The number of aliphatic hydroxyl groups excluding tert-OH is 2. The molecular weight excluding hydrogens is 458 g/mol. The van der Waals surface area contributed by atoms with Gasteiger partial charge in [-0.3, -0.25) is 4.90 Å². The predicted octanol–water partition coefficient (Wildman–Crippen LogP) is 4.11. The van der Waals surface area contributed by atoms with Gasteiger partial charge in [0.1, 0.15) is 6.33 Å². The number of aryl methyl sites for hydroxylation is 1. The normalized spacial score (nSPS) is 28.3. The molecule has 5 heterocycles. The molecule has 7 nitrogen and oxygen atoms in total. The van der Waals surface area contributed by atoms with Crippen LogP contribution in [0.3, 0.4) is 0 Å². The molecule has 3 aliphatic rings. The van der Waals surface area contributed by atoms with Crippen molar-refractivity contribution in [2.75, 3.05) is 19.8 Å². The van der Waals surface area contributed by atoms with Gasteiger partial charge in [0.25, 0.3) is 0 Å². The quantitative estimate of drug-likeness (QED) is 0.477. The van der Waals surface area contributed by atoms with E-state index in [4.69, 9.17) is 0 Å². The third-order valence-corrected chi connectivity index (χ3v) is 10.8. The van der Waals surface area contributed by atoms with Gasteiger partial charge in [-0.1, -0.05) is 20.8 Å². The molecule has 3 aromatic heterocycles. The molecule has 1 aliphatic carbocycles. The van der Waals surface area contributed by atoms with E-state index in [-0.39, 0.29) is 19.3 Å². The molecule has 5 atom stereocenters.